The maximum atomic E-state index is 10.3. The second-order valence-corrected chi connectivity index (χ2v) is 8.80. The van der Waals surface area contributed by atoms with Gasteiger partial charge in [0, 0.05) is 10.8 Å². The van der Waals surface area contributed by atoms with Crippen molar-refractivity contribution in [3.63, 3.8) is 0 Å². The molecule has 182 valence electrons. The summed E-state index contributed by atoms with van der Waals surface area (Å²) in [6.45, 7) is 0. The first-order valence-electron chi connectivity index (χ1n) is 12.1. The Balaban J connectivity index is 1.20. The summed E-state index contributed by atoms with van der Waals surface area (Å²) in [5.41, 5.74) is 4.31. The van der Waals surface area contributed by atoms with Crippen molar-refractivity contribution < 1.29 is 10.2 Å². The van der Waals surface area contributed by atoms with Gasteiger partial charge in [0.1, 0.15) is 22.9 Å². The zero-order chi connectivity index (χ0) is 25.9. The van der Waals surface area contributed by atoms with E-state index < -0.39 is 0 Å². The molecular formula is C32H22N4O2. The molecule has 0 aliphatic carbocycles. The van der Waals surface area contributed by atoms with Crippen molar-refractivity contribution in [1.82, 2.24) is 0 Å². The molecule has 6 rings (SSSR count). The van der Waals surface area contributed by atoms with Crippen LogP contribution in [0.5, 0.6) is 11.5 Å². The number of fused-ring (bicyclic) bond motifs is 2. The van der Waals surface area contributed by atoms with Gasteiger partial charge >= 0.3 is 0 Å². The van der Waals surface area contributed by atoms with Crippen LogP contribution in [-0.4, -0.2) is 10.2 Å². The lowest BCUT2D eigenvalue weighted by atomic mass is 10.1. The van der Waals surface area contributed by atoms with Crippen LogP contribution in [0.2, 0.25) is 0 Å². The van der Waals surface area contributed by atoms with Gasteiger partial charge in [-0.3, -0.25) is 0 Å². The molecule has 0 heterocycles. The fourth-order valence-corrected chi connectivity index (χ4v) is 4.35. The van der Waals surface area contributed by atoms with E-state index in [0.717, 1.165) is 32.7 Å². The number of azo groups is 2. The van der Waals surface area contributed by atoms with E-state index in [1.54, 1.807) is 12.1 Å². The summed E-state index contributed by atoms with van der Waals surface area (Å²) >= 11 is 0. The number of hydrogen-bond acceptors (Lipinski definition) is 6. The zero-order valence-corrected chi connectivity index (χ0v) is 20.2. The summed E-state index contributed by atoms with van der Waals surface area (Å²) in [5.74, 6) is 0.189. The monoisotopic (exact) mass is 494 g/mol. The lowest BCUT2D eigenvalue weighted by Gasteiger charge is -2.05. The Morgan fingerprint density at radius 1 is 0.368 bits per heavy atom. The Labute approximate surface area is 218 Å². The first kappa shape index (κ1) is 23.1. The third kappa shape index (κ3) is 4.58. The molecule has 6 aromatic carbocycles. The molecule has 0 saturated carbocycles. The van der Waals surface area contributed by atoms with E-state index in [4.69, 9.17) is 0 Å². The first-order valence-corrected chi connectivity index (χ1v) is 12.1. The van der Waals surface area contributed by atoms with E-state index in [-0.39, 0.29) is 11.5 Å². The van der Waals surface area contributed by atoms with E-state index in [9.17, 15) is 10.2 Å². The Bertz CT molecular complexity index is 1690. The van der Waals surface area contributed by atoms with E-state index >= 15 is 0 Å². The minimum absolute atomic E-state index is 0.0944. The number of phenolic OH excluding ortho intramolecular Hbond substituents is 2. The second kappa shape index (κ2) is 9.95. The average Bonchev–Trinajstić information content (AvgIpc) is 2.97. The molecule has 0 fully saturated rings. The molecule has 0 amide bonds. The van der Waals surface area contributed by atoms with Crippen molar-refractivity contribution in [2.75, 3.05) is 0 Å². The number of phenols is 2. The van der Waals surface area contributed by atoms with Crippen molar-refractivity contribution in [1.29, 1.82) is 0 Å². The van der Waals surface area contributed by atoms with Gasteiger partial charge in [-0.1, -0.05) is 84.9 Å². The summed E-state index contributed by atoms with van der Waals surface area (Å²) in [6.07, 6.45) is 0. The molecule has 0 aromatic heterocycles. The quantitative estimate of drug-likeness (QED) is 0.233. The predicted octanol–water partition coefficient (Wildman–Crippen LogP) is 9.90. The highest BCUT2D eigenvalue weighted by atomic mass is 16.3. The van der Waals surface area contributed by atoms with Gasteiger partial charge in [0.05, 0.1) is 11.4 Å². The summed E-state index contributed by atoms with van der Waals surface area (Å²) in [4.78, 5) is 0. The van der Waals surface area contributed by atoms with Crippen LogP contribution in [0.1, 0.15) is 0 Å². The third-order valence-electron chi connectivity index (χ3n) is 6.36. The fourth-order valence-electron chi connectivity index (χ4n) is 4.35. The molecule has 0 saturated heterocycles. The van der Waals surface area contributed by atoms with Crippen LogP contribution in [0.3, 0.4) is 0 Å². The molecule has 6 heteroatoms. The number of benzene rings is 6. The van der Waals surface area contributed by atoms with Crippen LogP contribution in [0.4, 0.5) is 22.7 Å². The number of aromatic hydroxyl groups is 2. The molecule has 0 bridgehead atoms. The van der Waals surface area contributed by atoms with E-state index in [2.05, 4.69) is 20.5 Å². The van der Waals surface area contributed by atoms with Gasteiger partial charge in [0.15, 0.2) is 0 Å². The summed E-state index contributed by atoms with van der Waals surface area (Å²) in [7, 11) is 0. The molecular weight excluding hydrogens is 472 g/mol. The molecule has 0 atom stereocenters. The summed E-state index contributed by atoms with van der Waals surface area (Å²) < 4.78 is 0. The predicted molar refractivity (Wildman–Crippen MR) is 151 cm³/mol. The van der Waals surface area contributed by atoms with E-state index in [1.807, 2.05) is 109 Å². The molecule has 2 N–H and O–H groups in total. The van der Waals surface area contributed by atoms with Gasteiger partial charge in [-0.05, 0) is 58.3 Å². The second-order valence-electron chi connectivity index (χ2n) is 8.80. The van der Waals surface area contributed by atoms with Crippen molar-refractivity contribution in [2.45, 2.75) is 0 Å². The van der Waals surface area contributed by atoms with E-state index in [0.29, 0.717) is 22.7 Å². The van der Waals surface area contributed by atoms with Crippen LogP contribution in [0.25, 0.3) is 32.7 Å². The Morgan fingerprint density at radius 2 is 0.763 bits per heavy atom. The van der Waals surface area contributed by atoms with Crippen molar-refractivity contribution in [2.24, 2.45) is 20.5 Å². The highest BCUT2D eigenvalue weighted by molar-refractivity contribution is 5.96. The largest absolute Gasteiger partial charge is 0.506 e. The minimum Gasteiger partial charge on any atom is -0.506 e. The van der Waals surface area contributed by atoms with Crippen LogP contribution in [0.15, 0.2) is 142 Å². The van der Waals surface area contributed by atoms with E-state index in [1.165, 1.54) is 0 Å². The zero-order valence-electron chi connectivity index (χ0n) is 20.2. The summed E-state index contributed by atoms with van der Waals surface area (Å²) in [5, 5.41) is 41.6. The standard InChI is InChI=1S/C32H22N4O2/c37-29-19-13-23-5-1-3-7-27(23)31(29)35-33-25-15-9-21(10-16-25)22-11-17-26(18-12-22)34-36-32-28-8-4-2-6-24(28)14-20-30(32)38/h1-20,37-38H/b35-33+,36-34+. The molecule has 6 nitrogen and oxygen atoms in total. The Kier molecular flexibility index (Phi) is 6.04. The molecule has 0 aliphatic heterocycles. The lowest BCUT2D eigenvalue weighted by Crippen LogP contribution is -1.77. The highest BCUT2D eigenvalue weighted by Crippen LogP contribution is 2.37. The maximum Gasteiger partial charge on any atom is 0.143 e. The number of nitrogens with zero attached hydrogens (tertiary/aromatic N) is 4. The summed E-state index contributed by atoms with van der Waals surface area (Å²) in [6, 6.07) is 37.9. The number of hydrogen-bond donors (Lipinski definition) is 2. The van der Waals surface area contributed by atoms with Crippen LogP contribution < -0.4 is 0 Å². The van der Waals surface area contributed by atoms with Crippen LogP contribution in [-0.2, 0) is 0 Å². The molecule has 38 heavy (non-hydrogen) atoms. The normalized spacial score (nSPS) is 11.7. The first-order chi connectivity index (χ1) is 18.7. The van der Waals surface area contributed by atoms with Crippen molar-refractivity contribution in [3.05, 3.63) is 121 Å². The fraction of sp³-hybridized carbons (Fsp3) is 0. The van der Waals surface area contributed by atoms with Gasteiger partial charge in [-0.2, -0.15) is 10.2 Å². The Morgan fingerprint density at radius 3 is 1.18 bits per heavy atom. The molecule has 0 spiro atoms. The third-order valence-corrected chi connectivity index (χ3v) is 6.36. The lowest BCUT2D eigenvalue weighted by molar-refractivity contribution is 0.476. The molecule has 0 aliphatic rings. The van der Waals surface area contributed by atoms with Crippen molar-refractivity contribution in [3.8, 4) is 22.6 Å². The average molecular weight is 495 g/mol. The van der Waals surface area contributed by atoms with Gasteiger partial charge < -0.3 is 10.2 Å². The maximum absolute atomic E-state index is 10.3. The van der Waals surface area contributed by atoms with Gasteiger partial charge in [0.25, 0.3) is 0 Å². The van der Waals surface area contributed by atoms with Crippen molar-refractivity contribution >= 4 is 44.3 Å². The SMILES string of the molecule is Oc1ccc2ccccc2c1/N=N/c1ccc(-c2ccc(/N=N/c3c(O)ccc4ccccc34)cc2)cc1. The Hall–Kier alpha value is -5.36. The molecule has 6 aromatic rings. The topological polar surface area (TPSA) is 89.9 Å². The van der Waals surface area contributed by atoms with Gasteiger partial charge in [0.2, 0.25) is 0 Å². The molecule has 0 radical (unpaired) electrons. The smallest absolute Gasteiger partial charge is 0.143 e. The van der Waals surface area contributed by atoms with Crippen LogP contribution in [0, 0.1) is 0 Å². The molecule has 0 unspecified atom stereocenters. The van der Waals surface area contributed by atoms with Crippen LogP contribution >= 0.6 is 0 Å². The number of rotatable bonds is 5. The van der Waals surface area contributed by atoms with Gasteiger partial charge in [-0.25, -0.2) is 0 Å². The highest BCUT2D eigenvalue weighted by Gasteiger charge is 2.07. The minimum atomic E-state index is 0.0944. The van der Waals surface area contributed by atoms with Gasteiger partial charge in [-0.15, -0.1) is 10.2 Å².